The average molecular weight is 238 g/mol. The minimum Gasteiger partial charge on any atom is -0.459 e. The van der Waals surface area contributed by atoms with Gasteiger partial charge in [-0.05, 0) is 25.5 Å². The largest absolute Gasteiger partial charge is 0.459 e. The summed E-state index contributed by atoms with van der Waals surface area (Å²) < 4.78 is 5.06. The molecule has 0 heterocycles. The van der Waals surface area contributed by atoms with Crippen molar-refractivity contribution in [2.75, 3.05) is 5.73 Å². The number of esters is 1. The average Bonchev–Trinajstić information content (AvgIpc) is 2.28. The number of nitro groups is 1. The van der Waals surface area contributed by atoms with E-state index in [2.05, 4.69) is 0 Å². The van der Waals surface area contributed by atoms with E-state index in [4.69, 9.17) is 10.5 Å². The molecule has 6 heteroatoms. The molecule has 1 unspecified atom stereocenters. The minimum absolute atomic E-state index is 0.0232. The van der Waals surface area contributed by atoms with Gasteiger partial charge in [0.1, 0.15) is 5.69 Å². The predicted molar refractivity (Wildman–Crippen MR) is 62.7 cm³/mol. The molecule has 2 N–H and O–H groups in total. The highest BCUT2D eigenvalue weighted by molar-refractivity contribution is 5.91. The zero-order chi connectivity index (χ0) is 13.0. The normalized spacial score (nSPS) is 11.9. The first-order valence-corrected chi connectivity index (χ1v) is 5.20. The van der Waals surface area contributed by atoms with Gasteiger partial charge in [0, 0.05) is 6.07 Å². The molecule has 1 rings (SSSR count). The molecule has 0 saturated heterocycles. The quantitative estimate of drug-likeness (QED) is 0.375. The molecule has 0 fully saturated rings. The lowest BCUT2D eigenvalue weighted by Crippen LogP contribution is -2.14. The van der Waals surface area contributed by atoms with Crippen LogP contribution in [0.5, 0.6) is 0 Å². The maximum Gasteiger partial charge on any atom is 0.338 e. The molecule has 0 aliphatic rings. The number of nitrogens with zero attached hydrogens (tertiary/aromatic N) is 1. The van der Waals surface area contributed by atoms with Crippen molar-refractivity contribution in [1.29, 1.82) is 0 Å². The van der Waals surface area contributed by atoms with E-state index in [0.29, 0.717) is 6.42 Å². The van der Waals surface area contributed by atoms with Gasteiger partial charge in [-0.3, -0.25) is 10.1 Å². The number of benzene rings is 1. The SMILES string of the molecule is CCC(C)OC(=O)c1ccc(N)c([N+](=O)[O-])c1. The van der Waals surface area contributed by atoms with E-state index in [1.165, 1.54) is 12.1 Å². The van der Waals surface area contributed by atoms with Crippen LogP contribution in [0, 0.1) is 10.1 Å². The second-order valence-corrected chi connectivity index (χ2v) is 3.65. The summed E-state index contributed by atoms with van der Waals surface area (Å²) in [5.41, 5.74) is 5.29. The van der Waals surface area contributed by atoms with Gasteiger partial charge in [0.25, 0.3) is 5.69 Å². The predicted octanol–water partition coefficient (Wildman–Crippen LogP) is 2.13. The summed E-state index contributed by atoms with van der Waals surface area (Å²) >= 11 is 0. The third kappa shape index (κ3) is 3.17. The lowest BCUT2D eigenvalue weighted by molar-refractivity contribution is -0.383. The number of anilines is 1. The van der Waals surface area contributed by atoms with Gasteiger partial charge in [0.05, 0.1) is 16.6 Å². The summed E-state index contributed by atoms with van der Waals surface area (Å²) in [5, 5.41) is 10.6. The van der Waals surface area contributed by atoms with Crippen molar-refractivity contribution in [3.63, 3.8) is 0 Å². The van der Waals surface area contributed by atoms with Gasteiger partial charge in [-0.2, -0.15) is 0 Å². The molecule has 0 saturated carbocycles. The molecule has 1 atom stereocenters. The molecule has 92 valence electrons. The first-order chi connectivity index (χ1) is 7.95. The van der Waals surface area contributed by atoms with Crippen molar-refractivity contribution in [2.24, 2.45) is 0 Å². The summed E-state index contributed by atoms with van der Waals surface area (Å²) in [6, 6.07) is 3.86. The Morgan fingerprint density at radius 3 is 2.76 bits per heavy atom. The van der Waals surface area contributed by atoms with Crippen LogP contribution in [0.15, 0.2) is 18.2 Å². The van der Waals surface area contributed by atoms with E-state index < -0.39 is 10.9 Å². The molecule has 0 amide bonds. The highest BCUT2D eigenvalue weighted by Crippen LogP contribution is 2.22. The number of nitro benzene ring substituents is 1. The lowest BCUT2D eigenvalue weighted by atomic mass is 10.2. The first-order valence-electron chi connectivity index (χ1n) is 5.20. The van der Waals surface area contributed by atoms with Crippen LogP contribution in [0.1, 0.15) is 30.6 Å². The molecule has 0 aliphatic heterocycles. The van der Waals surface area contributed by atoms with Crippen molar-refractivity contribution in [3.8, 4) is 0 Å². The number of hydrogen-bond acceptors (Lipinski definition) is 5. The van der Waals surface area contributed by atoms with Crippen LogP contribution in [0.4, 0.5) is 11.4 Å². The van der Waals surface area contributed by atoms with Gasteiger partial charge in [0.15, 0.2) is 0 Å². The molecular formula is C11H14N2O4. The van der Waals surface area contributed by atoms with Crippen LogP contribution in [0.3, 0.4) is 0 Å². The van der Waals surface area contributed by atoms with E-state index in [0.717, 1.165) is 6.07 Å². The fraction of sp³-hybridized carbons (Fsp3) is 0.364. The standard InChI is InChI=1S/C11H14N2O4/c1-3-7(2)17-11(14)8-4-5-9(12)10(6-8)13(15)16/h4-7H,3,12H2,1-2H3. The number of rotatable bonds is 4. The van der Waals surface area contributed by atoms with E-state index in [1.807, 2.05) is 6.92 Å². The zero-order valence-corrected chi connectivity index (χ0v) is 9.67. The van der Waals surface area contributed by atoms with E-state index in [-0.39, 0.29) is 23.0 Å². The Hall–Kier alpha value is -2.11. The van der Waals surface area contributed by atoms with Crippen molar-refractivity contribution in [3.05, 3.63) is 33.9 Å². The third-order valence-electron chi connectivity index (χ3n) is 2.35. The molecule has 6 nitrogen and oxygen atoms in total. The molecular weight excluding hydrogens is 224 g/mol. The van der Waals surface area contributed by atoms with Gasteiger partial charge >= 0.3 is 5.97 Å². The summed E-state index contributed by atoms with van der Waals surface area (Å²) in [7, 11) is 0. The summed E-state index contributed by atoms with van der Waals surface area (Å²) in [5.74, 6) is -0.581. The van der Waals surface area contributed by atoms with Crippen LogP contribution in [-0.4, -0.2) is 17.0 Å². The number of nitrogens with two attached hydrogens (primary N) is 1. The molecule has 1 aromatic carbocycles. The van der Waals surface area contributed by atoms with Gasteiger partial charge in [0.2, 0.25) is 0 Å². The van der Waals surface area contributed by atoms with Gasteiger partial charge in [-0.25, -0.2) is 4.79 Å². The topological polar surface area (TPSA) is 95.5 Å². The van der Waals surface area contributed by atoms with Crippen LogP contribution < -0.4 is 5.73 Å². The van der Waals surface area contributed by atoms with E-state index in [1.54, 1.807) is 6.92 Å². The monoisotopic (exact) mass is 238 g/mol. The van der Waals surface area contributed by atoms with E-state index >= 15 is 0 Å². The molecule has 0 radical (unpaired) electrons. The lowest BCUT2D eigenvalue weighted by Gasteiger charge is -2.10. The van der Waals surface area contributed by atoms with Crippen LogP contribution in [0.2, 0.25) is 0 Å². The highest BCUT2D eigenvalue weighted by Gasteiger charge is 2.17. The Balaban J connectivity index is 2.96. The minimum atomic E-state index is -0.630. The van der Waals surface area contributed by atoms with Crippen LogP contribution in [-0.2, 0) is 4.74 Å². The Bertz CT molecular complexity index is 445. The van der Waals surface area contributed by atoms with Crippen LogP contribution >= 0.6 is 0 Å². The van der Waals surface area contributed by atoms with Gasteiger partial charge in [-0.1, -0.05) is 6.92 Å². The van der Waals surface area contributed by atoms with E-state index in [9.17, 15) is 14.9 Å². The number of carbonyl (C=O) groups excluding carboxylic acids is 1. The van der Waals surface area contributed by atoms with Crippen molar-refractivity contribution in [1.82, 2.24) is 0 Å². The number of ether oxygens (including phenoxy) is 1. The molecule has 0 bridgehead atoms. The van der Waals surface area contributed by atoms with Gasteiger partial charge in [-0.15, -0.1) is 0 Å². The summed E-state index contributed by atoms with van der Waals surface area (Å²) in [6.07, 6.45) is 0.460. The third-order valence-corrected chi connectivity index (χ3v) is 2.35. The maximum atomic E-state index is 11.6. The molecule has 1 aromatic rings. The Morgan fingerprint density at radius 1 is 1.59 bits per heavy atom. The van der Waals surface area contributed by atoms with Crippen molar-refractivity contribution < 1.29 is 14.5 Å². The second-order valence-electron chi connectivity index (χ2n) is 3.65. The fourth-order valence-electron chi connectivity index (χ4n) is 1.16. The Morgan fingerprint density at radius 2 is 2.24 bits per heavy atom. The zero-order valence-electron chi connectivity index (χ0n) is 9.67. The van der Waals surface area contributed by atoms with Crippen molar-refractivity contribution in [2.45, 2.75) is 26.4 Å². The fourth-order valence-corrected chi connectivity index (χ4v) is 1.16. The summed E-state index contributed by atoms with van der Waals surface area (Å²) in [4.78, 5) is 21.6. The summed E-state index contributed by atoms with van der Waals surface area (Å²) in [6.45, 7) is 3.63. The van der Waals surface area contributed by atoms with Crippen molar-refractivity contribution >= 4 is 17.3 Å². The second kappa shape index (κ2) is 5.29. The first kappa shape index (κ1) is 13.0. The number of nitrogen functional groups attached to an aromatic ring is 1. The maximum absolute atomic E-state index is 11.6. The Kier molecular flexibility index (Phi) is 4.03. The highest BCUT2D eigenvalue weighted by atomic mass is 16.6. The number of hydrogen-bond donors (Lipinski definition) is 1. The Labute approximate surface area is 98.5 Å². The number of carbonyl (C=O) groups is 1. The molecule has 0 aliphatic carbocycles. The smallest absolute Gasteiger partial charge is 0.338 e. The molecule has 0 spiro atoms. The molecule has 17 heavy (non-hydrogen) atoms. The molecule has 0 aromatic heterocycles. The van der Waals surface area contributed by atoms with Crippen LogP contribution in [0.25, 0.3) is 0 Å². The van der Waals surface area contributed by atoms with Gasteiger partial charge < -0.3 is 10.5 Å².